The number of pyridine rings is 1. The molecule has 6 rings (SSSR count). The number of allylic oxidation sites excluding steroid dienone is 1. The van der Waals surface area contributed by atoms with E-state index in [0.29, 0.717) is 27.7 Å². The summed E-state index contributed by atoms with van der Waals surface area (Å²) in [4.78, 5) is 6.92. The van der Waals surface area contributed by atoms with Crippen LogP contribution in [0.5, 0.6) is 0 Å². The van der Waals surface area contributed by atoms with Gasteiger partial charge in [0, 0.05) is 41.9 Å². The first-order valence-corrected chi connectivity index (χ1v) is 12.5. The van der Waals surface area contributed by atoms with Crippen LogP contribution in [0.15, 0.2) is 47.1 Å². The van der Waals surface area contributed by atoms with Crippen LogP contribution >= 0.6 is 23.2 Å². The molecule has 0 spiro atoms. The van der Waals surface area contributed by atoms with Crippen molar-refractivity contribution in [3.05, 3.63) is 64.0 Å². The third kappa shape index (κ3) is 4.56. The van der Waals surface area contributed by atoms with Gasteiger partial charge in [-0.3, -0.25) is 0 Å². The first-order valence-electron chi connectivity index (χ1n) is 11.7. The van der Waals surface area contributed by atoms with Crippen molar-refractivity contribution in [3.8, 4) is 22.6 Å². The molecule has 2 fully saturated rings. The normalized spacial score (nSPS) is 16.9. The molecule has 1 saturated carbocycles. The fourth-order valence-corrected chi connectivity index (χ4v) is 5.13. The molecule has 10 heteroatoms. The van der Waals surface area contributed by atoms with Gasteiger partial charge in [-0.1, -0.05) is 46.6 Å². The molecule has 178 valence electrons. The zero-order chi connectivity index (χ0) is 23.8. The highest BCUT2D eigenvalue weighted by Gasteiger charge is 2.32. The maximum Gasteiger partial charge on any atom is 0.206 e. The Morgan fingerprint density at radius 2 is 1.83 bits per heavy atom. The number of aromatic amines is 1. The molecule has 35 heavy (non-hydrogen) atoms. The fourth-order valence-electron chi connectivity index (χ4n) is 4.56. The van der Waals surface area contributed by atoms with Crippen LogP contribution < -0.4 is 4.90 Å². The lowest BCUT2D eigenvalue weighted by molar-refractivity contribution is 0.386. The van der Waals surface area contributed by atoms with E-state index in [1.807, 2.05) is 30.3 Å². The Balaban J connectivity index is 1.17. The zero-order valence-corrected chi connectivity index (χ0v) is 20.4. The zero-order valence-electron chi connectivity index (χ0n) is 18.9. The molecule has 0 amide bonds. The molecule has 2 aliphatic rings. The first-order chi connectivity index (χ1) is 17.2. The highest BCUT2D eigenvalue weighted by molar-refractivity contribution is 6.39. The maximum absolute atomic E-state index is 6.49. The summed E-state index contributed by atoms with van der Waals surface area (Å²) in [7, 11) is 0. The standard InChI is InChI=1S/C25H23Cl2N7O/c26-19-2-1-3-20(27)22(19)23-18(24(35-31-23)16-5-6-16)8-4-15-10-12-34(13-11-15)21-9-7-17(14-28-21)25-29-32-33-30-25/h1-4,7-9,14-16H,5-6,10-13H2,(H,29,30,32,33). The van der Waals surface area contributed by atoms with E-state index in [1.54, 1.807) is 6.20 Å². The molecule has 8 nitrogen and oxygen atoms in total. The van der Waals surface area contributed by atoms with Gasteiger partial charge < -0.3 is 9.42 Å². The highest BCUT2D eigenvalue weighted by Crippen LogP contribution is 2.46. The van der Waals surface area contributed by atoms with Crippen LogP contribution in [-0.4, -0.2) is 43.9 Å². The third-order valence-electron chi connectivity index (χ3n) is 6.65. The minimum Gasteiger partial charge on any atom is -0.360 e. The lowest BCUT2D eigenvalue weighted by Crippen LogP contribution is -2.33. The summed E-state index contributed by atoms with van der Waals surface area (Å²) >= 11 is 13.0. The predicted octanol–water partition coefficient (Wildman–Crippen LogP) is 6.03. The SMILES string of the molecule is Clc1cccc(Cl)c1-c1noc(C2CC2)c1C=CC1CCN(c2ccc(-c3nn[nH]n3)cn2)CC1. The number of nitrogens with one attached hydrogen (secondary N) is 1. The Kier molecular flexibility index (Phi) is 6.00. The van der Waals surface area contributed by atoms with Crippen molar-refractivity contribution in [1.82, 2.24) is 30.8 Å². The van der Waals surface area contributed by atoms with Gasteiger partial charge in [0.25, 0.3) is 0 Å². The van der Waals surface area contributed by atoms with Crippen LogP contribution in [0.25, 0.3) is 28.7 Å². The van der Waals surface area contributed by atoms with Crippen LogP contribution in [0.4, 0.5) is 5.82 Å². The van der Waals surface area contributed by atoms with Gasteiger partial charge in [0.1, 0.15) is 17.3 Å². The van der Waals surface area contributed by atoms with E-state index in [2.05, 4.69) is 47.8 Å². The summed E-state index contributed by atoms with van der Waals surface area (Å²) in [6.45, 7) is 1.87. The van der Waals surface area contributed by atoms with Crippen LogP contribution in [0.2, 0.25) is 10.0 Å². The van der Waals surface area contributed by atoms with E-state index in [-0.39, 0.29) is 0 Å². The van der Waals surface area contributed by atoms with E-state index in [9.17, 15) is 0 Å². The van der Waals surface area contributed by atoms with Gasteiger partial charge in [-0.15, -0.1) is 10.2 Å². The lowest BCUT2D eigenvalue weighted by Gasteiger charge is -2.31. The Morgan fingerprint density at radius 1 is 1.03 bits per heavy atom. The van der Waals surface area contributed by atoms with Crippen molar-refractivity contribution in [2.24, 2.45) is 5.92 Å². The second-order valence-corrected chi connectivity index (χ2v) is 9.82. The minimum atomic E-state index is 0.431. The topological polar surface area (TPSA) is 96.6 Å². The number of anilines is 1. The maximum atomic E-state index is 6.49. The third-order valence-corrected chi connectivity index (χ3v) is 7.28. The molecule has 4 heterocycles. The largest absolute Gasteiger partial charge is 0.360 e. The quantitative estimate of drug-likeness (QED) is 0.340. The van der Waals surface area contributed by atoms with Crippen molar-refractivity contribution in [3.63, 3.8) is 0 Å². The number of rotatable bonds is 6. The second-order valence-electron chi connectivity index (χ2n) is 9.00. The van der Waals surface area contributed by atoms with E-state index in [0.717, 1.165) is 72.7 Å². The van der Waals surface area contributed by atoms with Gasteiger partial charge in [-0.05, 0) is 61.1 Å². The smallest absolute Gasteiger partial charge is 0.206 e. The Morgan fingerprint density at radius 3 is 2.49 bits per heavy atom. The number of hydrogen-bond acceptors (Lipinski definition) is 7. The number of nitrogens with zero attached hydrogens (tertiary/aromatic N) is 6. The van der Waals surface area contributed by atoms with Gasteiger partial charge in [-0.2, -0.15) is 5.21 Å². The van der Waals surface area contributed by atoms with E-state index >= 15 is 0 Å². The van der Waals surface area contributed by atoms with Crippen molar-refractivity contribution < 1.29 is 4.52 Å². The number of hydrogen-bond donors (Lipinski definition) is 1. The Labute approximate surface area is 212 Å². The molecule has 3 aromatic heterocycles. The van der Waals surface area contributed by atoms with Gasteiger partial charge in [0.05, 0.1) is 10.0 Å². The number of tetrazole rings is 1. The lowest BCUT2D eigenvalue weighted by atomic mass is 9.94. The van der Waals surface area contributed by atoms with Crippen molar-refractivity contribution >= 4 is 35.1 Å². The number of piperidine rings is 1. The molecule has 1 saturated heterocycles. The number of H-pyrrole nitrogens is 1. The summed E-state index contributed by atoms with van der Waals surface area (Å²) in [5.74, 6) is 3.34. The number of benzene rings is 1. The average Bonchev–Trinajstić information content (AvgIpc) is 3.41. The molecular formula is C25H23Cl2N7O. The van der Waals surface area contributed by atoms with Crippen LogP contribution in [0.3, 0.4) is 0 Å². The van der Waals surface area contributed by atoms with Crippen molar-refractivity contribution in [1.29, 1.82) is 0 Å². The number of aromatic nitrogens is 6. The number of halogens is 2. The Hall–Kier alpha value is -3.23. The minimum absolute atomic E-state index is 0.431. The molecule has 0 unspecified atom stereocenters. The molecule has 1 aliphatic heterocycles. The molecular weight excluding hydrogens is 485 g/mol. The molecule has 1 aliphatic carbocycles. The monoisotopic (exact) mass is 507 g/mol. The summed E-state index contributed by atoms with van der Waals surface area (Å²) in [6.07, 6.45) is 10.6. The summed E-state index contributed by atoms with van der Waals surface area (Å²) in [5.41, 5.74) is 3.30. The van der Waals surface area contributed by atoms with Gasteiger partial charge in [0.2, 0.25) is 5.82 Å². The summed E-state index contributed by atoms with van der Waals surface area (Å²) in [6, 6.07) is 9.50. The molecule has 4 aromatic rings. The van der Waals surface area contributed by atoms with E-state index in [4.69, 9.17) is 27.7 Å². The van der Waals surface area contributed by atoms with Gasteiger partial charge in [-0.25, -0.2) is 4.98 Å². The molecule has 0 bridgehead atoms. The predicted molar refractivity (Wildman–Crippen MR) is 135 cm³/mol. The summed E-state index contributed by atoms with van der Waals surface area (Å²) < 4.78 is 5.79. The first kappa shape index (κ1) is 22.2. The van der Waals surface area contributed by atoms with Gasteiger partial charge in [0.15, 0.2) is 0 Å². The van der Waals surface area contributed by atoms with Crippen molar-refractivity contribution in [2.75, 3.05) is 18.0 Å². The van der Waals surface area contributed by atoms with Crippen LogP contribution in [0, 0.1) is 5.92 Å². The second kappa shape index (κ2) is 9.43. The van der Waals surface area contributed by atoms with Crippen LogP contribution in [0.1, 0.15) is 42.9 Å². The van der Waals surface area contributed by atoms with E-state index < -0.39 is 0 Å². The molecule has 0 atom stereocenters. The average molecular weight is 508 g/mol. The van der Waals surface area contributed by atoms with Gasteiger partial charge >= 0.3 is 0 Å². The Bertz CT molecular complexity index is 1320. The summed E-state index contributed by atoms with van der Waals surface area (Å²) in [5, 5.41) is 19.6. The van der Waals surface area contributed by atoms with Crippen LogP contribution in [-0.2, 0) is 0 Å². The van der Waals surface area contributed by atoms with Crippen molar-refractivity contribution in [2.45, 2.75) is 31.6 Å². The highest BCUT2D eigenvalue weighted by atomic mass is 35.5. The molecule has 0 radical (unpaired) electrons. The molecule has 1 aromatic carbocycles. The fraction of sp³-hybridized carbons (Fsp3) is 0.320. The molecule has 1 N–H and O–H groups in total. The van der Waals surface area contributed by atoms with E-state index in [1.165, 1.54) is 0 Å².